The molecule has 4 rings (SSSR count). The van der Waals surface area contributed by atoms with Crippen LogP contribution in [0.4, 0.5) is 5.69 Å². The second kappa shape index (κ2) is 8.86. The number of carbonyl (C=O) groups is 2. The van der Waals surface area contributed by atoms with Crippen molar-refractivity contribution in [2.45, 2.75) is 16.8 Å². The first-order valence-corrected chi connectivity index (χ1v) is 10.4. The largest absolute Gasteiger partial charge is 0.496 e. The van der Waals surface area contributed by atoms with Crippen molar-refractivity contribution in [2.75, 3.05) is 38.7 Å². The van der Waals surface area contributed by atoms with Gasteiger partial charge in [0.15, 0.2) is 0 Å². The third kappa shape index (κ3) is 4.39. The van der Waals surface area contributed by atoms with E-state index in [0.29, 0.717) is 31.0 Å². The summed E-state index contributed by atoms with van der Waals surface area (Å²) in [5.41, 5.74) is 2.08. The van der Waals surface area contributed by atoms with E-state index < -0.39 is 0 Å². The van der Waals surface area contributed by atoms with Gasteiger partial charge in [-0.05, 0) is 24.3 Å². The molecule has 0 aliphatic carbocycles. The molecule has 2 N–H and O–H groups in total. The number of hydrogen-bond acceptors (Lipinski definition) is 6. The Morgan fingerprint density at radius 3 is 2.86 bits per heavy atom. The maximum absolute atomic E-state index is 12.6. The van der Waals surface area contributed by atoms with E-state index in [2.05, 4.69) is 15.5 Å². The first-order valence-electron chi connectivity index (χ1n) is 9.49. The average Bonchev–Trinajstić information content (AvgIpc) is 2.77. The molecular formula is C21H23N3O4S. The summed E-state index contributed by atoms with van der Waals surface area (Å²) in [6.07, 6.45) is 0. The fourth-order valence-corrected chi connectivity index (χ4v) is 4.57. The molecule has 7 nitrogen and oxygen atoms in total. The number of nitrogens with zero attached hydrogens (tertiary/aromatic N) is 1. The topological polar surface area (TPSA) is 79.9 Å². The highest BCUT2D eigenvalue weighted by molar-refractivity contribution is 8.00. The van der Waals surface area contributed by atoms with Gasteiger partial charge < -0.3 is 20.1 Å². The fraction of sp³-hybridized carbons (Fsp3) is 0.333. The van der Waals surface area contributed by atoms with Crippen molar-refractivity contribution in [1.29, 1.82) is 0 Å². The Balaban J connectivity index is 1.44. The van der Waals surface area contributed by atoms with Crippen molar-refractivity contribution < 1.29 is 19.1 Å². The lowest BCUT2D eigenvalue weighted by atomic mass is 10.1. The van der Waals surface area contributed by atoms with Crippen molar-refractivity contribution in [1.82, 2.24) is 10.2 Å². The van der Waals surface area contributed by atoms with Gasteiger partial charge in [0.1, 0.15) is 11.1 Å². The van der Waals surface area contributed by atoms with Crippen LogP contribution in [-0.4, -0.2) is 55.5 Å². The molecule has 0 bridgehead atoms. The quantitative estimate of drug-likeness (QED) is 0.783. The number of thioether (sulfide) groups is 1. The molecule has 2 amide bonds. The van der Waals surface area contributed by atoms with Crippen LogP contribution >= 0.6 is 11.8 Å². The molecule has 1 saturated heterocycles. The summed E-state index contributed by atoms with van der Waals surface area (Å²) in [6.45, 7) is 3.12. The van der Waals surface area contributed by atoms with Crippen LogP contribution in [0.2, 0.25) is 0 Å². The summed E-state index contributed by atoms with van der Waals surface area (Å²) < 4.78 is 10.7. The number of morpholine rings is 1. The second-order valence-corrected chi connectivity index (χ2v) is 7.94. The zero-order valence-corrected chi connectivity index (χ0v) is 17.0. The van der Waals surface area contributed by atoms with Gasteiger partial charge in [0.2, 0.25) is 0 Å². The van der Waals surface area contributed by atoms with Gasteiger partial charge in [-0.1, -0.05) is 30.0 Å². The van der Waals surface area contributed by atoms with E-state index in [1.807, 2.05) is 30.3 Å². The fourth-order valence-electron chi connectivity index (χ4n) is 3.42. The summed E-state index contributed by atoms with van der Waals surface area (Å²) in [6, 6.07) is 13.0. The predicted octanol–water partition coefficient (Wildman–Crippen LogP) is 2.33. The van der Waals surface area contributed by atoms with E-state index in [0.717, 1.165) is 29.3 Å². The maximum Gasteiger partial charge on any atom is 0.252 e. The van der Waals surface area contributed by atoms with Gasteiger partial charge in [-0.2, -0.15) is 0 Å². The van der Waals surface area contributed by atoms with E-state index in [1.165, 1.54) is 11.8 Å². The van der Waals surface area contributed by atoms with E-state index >= 15 is 0 Å². The number of hydrogen-bond donors (Lipinski definition) is 2. The van der Waals surface area contributed by atoms with Crippen molar-refractivity contribution in [3.63, 3.8) is 0 Å². The van der Waals surface area contributed by atoms with Crippen molar-refractivity contribution in [2.24, 2.45) is 0 Å². The minimum Gasteiger partial charge on any atom is -0.496 e. The van der Waals surface area contributed by atoms with Crippen LogP contribution in [0.15, 0.2) is 47.4 Å². The number of fused-ring (bicyclic) bond motifs is 1. The van der Waals surface area contributed by atoms with Crippen LogP contribution < -0.4 is 15.4 Å². The third-order valence-corrected chi connectivity index (χ3v) is 6.32. The predicted molar refractivity (Wildman–Crippen MR) is 111 cm³/mol. The second-order valence-electron chi connectivity index (χ2n) is 6.81. The van der Waals surface area contributed by atoms with Crippen LogP contribution in [0.3, 0.4) is 0 Å². The number of benzene rings is 2. The molecule has 0 radical (unpaired) electrons. The molecule has 1 atom stereocenters. The molecule has 2 heterocycles. The molecule has 0 spiro atoms. The van der Waals surface area contributed by atoms with E-state index in [-0.39, 0.29) is 17.2 Å². The Morgan fingerprint density at radius 2 is 2.07 bits per heavy atom. The molecule has 2 aliphatic rings. The normalized spacial score (nSPS) is 19.2. The van der Waals surface area contributed by atoms with Crippen molar-refractivity contribution in [3.05, 3.63) is 53.6 Å². The monoisotopic (exact) mass is 413 g/mol. The van der Waals surface area contributed by atoms with E-state index in [9.17, 15) is 9.59 Å². The molecule has 8 heteroatoms. The highest BCUT2D eigenvalue weighted by Gasteiger charge is 2.33. The summed E-state index contributed by atoms with van der Waals surface area (Å²) in [5, 5.41) is 5.59. The Bertz CT molecular complexity index is 915. The van der Waals surface area contributed by atoms with Gasteiger partial charge in [0.05, 0.1) is 26.0 Å². The maximum atomic E-state index is 12.6. The standard InChI is InChI=1S/C21H23N3O4S/c1-27-17-5-3-2-4-15(17)13-22-19(25)14-6-7-18-16(12-14)23-20(26)21(29-18)24-8-10-28-11-9-24/h2-7,12,21H,8-11,13H2,1H3,(H,22,25)(H,23,26). The Hall–Kier alpha value is -2.55. The molecular weight excluding hydrogens is 390 g/mol. The van der Waals surface area contributed by atoms with Gasteiger partial charge >= 0.3 is 0 Å². The summed E-state index contributed by atoms with van der Waals surface area (Å²) >= 11 is 1.52. The number of amides is 2. The molecule has 2 aliphatic heterocycles. The van der Waals surface area contributed by atoms with Gasteiger partial charge in [0.25, 0.3) is 11.8 Å². The number of rotatable bonds is 5. The van der Waals surface area contributed by atoms with E-state index in [1.54, 1.807) is 19.2 Å². The highest BCUT2D eigenvalue weighted by Crippen LogP contribution is 2.37. The van der Waals surface area contributed by atoms with Gasteiger partial charge in [-0.3, -0.25) is 14.5 Å². The number of anilines is 1. The molecule has 2 aromatic carbocycles. The molecule has 1 fully saturated rings. The van der Waals surface area contributed by atoms with Gasteiger partial charge in [-0.15, -0.1) is 0 Å². The van der Waals surface area contributed by atoms with Crippen LogP contribution in [0.5, 0.6) is 5.75 Å². The number of carbonyl (C=O) groups excluding carboxylic acids is 2. The Morgan fingerprint density at radius 1 is 1.28 bits per heavy atom. The third-order valence-electron chi connectivity index (χ3n) is 4.97. The van der Waals surface area contributed by atoms with Crippen LogP contribution in [-0.2, 0) is 16.1 Å². The van der Waals surface area contributed by atoms with Crippen molar-refractivity contribution in [3.8, 4) is 5.75 Å². The molecule has 0 aromatic heterocycles. The van der Waals surface area contributed by atoms with Crippen LogP contribution in [0.1, 0.15) is 15.9 Å². The average molecular weight is 413 g/mol. The SMILES string of the molecule is COc1ccccc1CNC(=O)c1ccc2c(c1)NC(=O)C(N1CCOCC1)S2. The Labute approximate surface area is 173 Å². The number of para-hydroxylation sites is 1. The summed E-state index contributed by atoms with van der Waals surface area (Å²) in [4.78, 5) is 28.3. The number of nitrogens with one attached hydrogen (secondary N) is 2. The van der Waals surface area contributed by atoms with Crippen LogP contribution in [0.25, 0.3) is 0 Å². The lowest BCUT2D eigenvalue weighted by Crippen LogP contribution is -2.48. The molecule has 2 aromatic rings. The summed E-state index contributed by atoms with van der Waals surface area (Å²) in [5.74, 6) is 0.472. The lowest BCUT2D eigenvalue weighted by Gasteiger charge is -2.35. The molecule has 1 unspecified atom stereocenters. The smallest absolute Gasteiger partial charge is 0.252 e. The number of methoxy groups -OCH3 is 1. The zero-order chi connectivity index (χ0) is 20.2. The first-order chi connectivity index (χ1) is 14.2. The van der Waals surface area contributed by atoms with Gasteiger partial charge in [0, 0.05) is 35.7 Å². The van der Waals surface area contributed by atoms with Crippen molar-refractivity contribution >= 4 is 29.3 Å². The van der Waals surface area contributed by atoms with E-state index in [4.69, 9.17) is 9.47 Å². The Kier molecular flexibility index (Phi) is 6.03. The number of ether oxygens (including phenoxy) is 2. The first kappa shape index (κ1) is 19.8. The van der Waals surface area contributed by atoms with Crippen LogP contribution in [0, 0.1) is 0 Å². The molecule has 0 saturated carbocycles. The molecule has 152 valence electrons. The zero-order valence-electron chi connectivity index (χ0n) is 16.1. The molecule has 29 heavy (non-hydrogen) atoms. The summed E-state index contributed by atoms with van der Waals surface area (Å²) in [7, 11) is 1.61. The lowest BCUT2D eigenvalue weighted by molar-refractivity contribution is -0.119. The highest BCUT2D eigenvalue weighted by atomic mass is 32.2. The minimum atomic E-state index is -0.267. The van der Waals surface area contributed by atoms with Gasteiger partial charge in [-0.25, -0.2) is 0 Å². The minimum absolute atomic E-state index is 0.0593.